The molecule has 0 saturated heterocycles. The van der Waals surface area contributed by atoms with Crippen LogP contribution in [0.5, 0.6) is 0 Å². The van der Waals surface area contributed by atoms with E-state index in [1.165, 1.54) is 111 Å². The highest BCUT2D eigenvalue weighted by atomic mass is 15.2. The predicted molar refractivity (Wildman–Crippen MR) is 400 cm³/mol. The first-order valence-corrected chi connectivity index (χ1v) is 33.9. The molecule has 10 aromatic carbocycles. The molecule has 0 N–H and O–H groups in total. The smallest absolute Gasteiger partial charge is 0.252 e. The fraction of sp³-hybridized carbons (Fsp3) is 0.318. The van der Waals surface area contributed by atoms with Crippen molar-refractivity contribution < 1.29 is 0 Å². The minimum Gasteiger partial charge on any atom is -0.311 e. The molecular weight excluding hydrogens is 1110 g/mol. The van der Waals surface area contributed by atoms with Gasteiger partial charge in [0.25, 0.3) is 6.71 Å². The van der Waals surface area contributed by atoms with E-state index in [0.717, 1.165) is 41.3 Å². The monoisotopic (exact) mass is 1210 g/mol. The molecule has 0 spiro atoms. The van der Waals surface area contributed by atoms with E-state index in [1.807, 2.05) is 0 Å². The zero-order chi connectivity index (χ0) is 65.4. The van der Waals surface area contributed by atoms with Gasteiger partial charge in [0.2, 0.25) is 0 Å². The van der Waals surface area contributed by atoms with Gasteiger partial charge in [0.05, 0.1) is 11.4 Å². The van der Waals surface area contributed by atoms with Crippen LogP contribution in [-0.4, -0.2) is 6.71 Å². The van der Waals surface area contributed by atoms with Crippen molar-refractivity contribution in [2.24, 2.45) is 0 Å². The van der Waals surface area contributed by atoms with E-state index in [1.54, 1.807) is 0 Å². The van der Waals surface area contributed by atoms with Gasteiger partial charge in [0.15, 0.2) is 0 Å². The number of anilines is 9. The number of hydrogen-bond acceptors (Lipinski definition) is 3. The second-order valence-electron chi connectivity index (χ2n) is 33.5. The standard InChI is InChI=1S/C88H96BN3/c1-82(2,3)62-36-40-67(41-37-62)91-77-43-39-66(86(13,14)15)52-74(77)89-75-55-72-73(88(18,19)45-44-87(72,16)17)56-78(75)92(76-42-38-65(85(10,11)12)51-71(76)61-47-59(57-28-22-20-23-29-57)46-60(48-61)58-30-24-21-25-31-58)80-54-70(53-79(91)81(80)89)90(68-34-26-32-63(49-68)83(4,5)6)69-35-27-33-64(50-69)84(7,8)9/h20-43,46-56H,44-45H2,1-19H3. The van der Waals surface area contributed by atoms with Crippen LogP contribution in [0.2, 0.25) is 0 Å². The van der Waals surface area contributed by atoms with Crippen LogP contribution < -0.4 is 31.1 Å². The van der Waals surface area contributed by atoms with Gasteiger partial charge in [0.1, 0.15) is 0 Å². The minimum atomic E-state index is -0.146. The summed E-state index contributed by atoms with van der Waals surface area (Å²) in [4.78, 5) is 7.96. The first-order valence-electron chi connectivity index (χ1n) is 33.9. The predicted octanol–water partition coefficient (Wildman–Crippen LogP) is 23.1. The molecule has 0 amide bonds. The largest absolute Gasteiger partial charge is 0.311 e. The first kappa shape index (κ1) is 62.5. The van der Waals surface area contributed by atoms with Crippen molar-refractivity contribution in [3.8, 4) is 33.4 Å². The minimum absolute atomic E-state index is 0.0256. The van der Waals surface area contributed by atoms with Gasteiger partial charge in [-0.3, -0.25) is 0 Å². The molecule has 10 aromatic rings. The van der Waals surface area contributed by atoms with Crippen molar-refractivity contribution in [2.75, 3.05) is 14.7 Å². The quantitative estimate of drug-likeness (QED) is 0.140. The Morgan fingerprint density at radius 3 is 1.24 bits per heavy atom. The molecule has 0 atom stereocenters. The number of fused-ring (bicyclic) bond motifs is 5. The Bertz CT molecular complexity index is 4360. The van der Waals surface area contributed by atoms with Crippen LogP contribution in [0.15, 0.2) is 212 Å². The highest BCUT2D eigenvalue weighted by Gasteiger charge is 2.48. The fourth-order valence-electron chi connectivity index (χ4n) is 14.8. The summed E-state index contributed by atoms with van der Waals surface area (Å²) in [5.41, 5.74) is 30.5. The van der Waals surface area contributed by atoms with Gasteiger partial charge < -0.3 is 14.7 Å². The third-order valence-corrected chi connectivity index (χ3v) is 20.6. The van der Waals surface area contributed by atoms with E-state index in [-0.39, 0.29) is 44.6 Å². The van der Waals surface area contributed by atoms with Crippen molar-refractivity contribution >= 4 is 74.3 Å². The van der Waals surface area contributed by atoms with Crippen molar-refractivity contribution in [3.05, 3.63) is 251 Å². The molecule has 2 aliphatic heterocycles. The lowest BCUT2D eigenvalue weighted by Gasteiger charge is -2.48. The van der Waals surface area contributed by atoms with Crippen molar-refractivity contribution in [3.63, 3.8) is 0 Å². The Hall–Kier alpha value is -8.34. The molecule has 0 aromatic heterocycles. The molecule has 0 saturated carbocycles. The summed E-state index contributed by atoms with van der Waals surface area (Å²) >= 11 is 0. The third kappa shape index (κ3) is 11.3. The number of hydrogen-bond donors (Lipinski definition) is 0. The van der Waals surface area contributed by atoms with Gasteiger partial charge in [-0.1, -0.05) is 253 Å². The molecule has 466 valence electrons. The molecule has 0 fully saturated rings. The van der Waals surface area contributed by atoms with Crippen LogP contribution in [0.3, 0.4) is 0 Å². The highest BCUT2D eigenvalue weighted by Crippen LogP contribution is 2.54. The van der Waals surface area contributed by atoms with E-state index in [4.69, 9.17) is 0 Å². The molecule has 0 unspecified atom stereocenters. The Morgan fingerprint density at radius 2 is 0.739 bits per heavy atom. The highest BCUT2D eigenvalue weighted by molar-refractivity contribution is 7.00. The zero-order valence-corrected chi connectivity index (χ0v) is 58.5. The average Bonchev–Trinajstić information content (AvgIpc) is 0.687. The third-order valence-electron chi connectivity index (χ3n) is 20.6. The summed E-state index contributed by atoms with van der Waals surface area (Å²) in [5, 5.41) is 0. The summed E-state index contributed by atoms with van der Waals surface area (Å²) in [7, 11) is 0. The van der Waals surface area contributed by atoms with E-state index < -0.39 is 0 Å². The Kier molecular flexibility index (Phi) is 15.1. The van der Waals surface area contributed by atoms with Crippen molar-refractivity contribution in [1.82, 2.24) is 0 Å². The summed E-state index contributed by atoms with van der Waals surface area (Å²) in [6, 6.07) is 83.0. The van der Waals surface area contributed by atoms with Gasteiger partial charge in [-0.05, 0) is 225 Å². The van der Waals surface area contributed by atoms with E-state index in [0.29, 0.717) is 0 Å². The second-order valence-corrected chi connectivity index (χ2v) is 33.5. The van der Waals surface area contributed by atoms with E-state index >= 15 is 0 Å². The van der Waals surface area contributed by atoms with Crippen LogP contribution in [0.25, 0.3) is 33.4 Å². The molecule has 92 heavy (non-hydrogen) atoms. The molecule has 1 aliphatic carbocycles. The maximum absolute atomic E-state index is 2.75. The molecular formula is C88H96BN3. The summed E-state index contributed by atoms with van der Waals surface area (Å²) in [5.74, 6) is 0. The van der Waals surface area contributed by atoms with E-state index in [2.05, 4.69) is 359 Å². The molecule has 3 nitrogen and oxygen atoms in total. The molecule has 3 aliphatic rings. The first-order chi connectivity index (χ1) is 43.2. The van der Waals surface area contributed by atoms with Gasteiger partial charge >= 0.3 is 0 Å². The second kappa shape index (κ2) is 22.2. The molecule has 4 heteroatoms. The summed E-state index contributed by atoms with van der Waals surface area (Å²) in [6.45, 7) is 45.1. The van der Waals surface area contributed by atoms with Crippen LogP contribution in [0.1, 0.15) is 183 Å². The van der Waals surface area contributed by atoms with Crippen LogP contribution in [-0.2, 0) is 37.9 Å². The Morgan fingerprint density at radius 1 is 0.315 bits per heavy atom. The molecule has 0 bridgehead atoms. The lowest BCUT2D eigenvalue weighted by molar-refractivity contribution is 0.332. The molecule has 0 radical (unpaired) electrons. The summed E-state index contributed by atoms with van der Waals surface area (Å²) in [6.07, 6.45) is 2.23. The lowest BCUT2D eigenvalue weighted by atomic mass is 9.33. The molecule has 2 heterocycles. The maximum Gasteiger partial charge on any atom is 0.252 e. The van der Waals surface area contributed by atoms with Crippen LogP contribution in [0.4, 0.5) is 51.2 Å². The van der Waals surface area contributed by atoms with Gasteiger partial charge in [0, 0.05) is 45.4 Å². The van der Waals surface area contributed by atoms with Gasteiger partial charge in [-0.15, -0.1) is 0 Å². The van der Waals surface area contributed by atoms with Crippen molar-refractivity contribution in [1.29, 1.82) is 0 Å². The van der Waals surface area contributed by atoms with Crippen LogP contribution in [0, 0.1) is 0 Å². The van der Waals surface area contributed by atoms with Crippen LogP contribution >= 0.6 is 0 Å². The SMILES string of the molecule is CC(C)(C)c1ccc(N2c3ccc(C(C)(C)C)cc3B3c4cc5c(cc4N(c4ccc(C(C)(C)C)cc4-c4cc(-c6ccccc6)cc(-c6ccccc6)c4)c4cc(N(c6cccc(C(C)(C)C)c6)c6cccc(C(C)(C)C)c6)cc2c43)C(C)(C)CCC5(C)C)cc1. The van der Waals surface area contributed by atoms with Gasteiger partial charge in [-0.25, -0.2) is 0 Å². The van der Waals surface area contributed by atoms with Gasteiger partial charge in [-0.2, -0.15) is 0 Å². The van der Waals surface area contributed by atoms with Crippen molar-refractivity contribution in [2.45, 2.75) is 182 Å². The summed E-state index contributed by atoms with van der Waals surface area (Å²) < 4.78 is 0. The normalized spacial score (nSPS) is 15.1. The zero-order valence-electron chi connectivity index (χ0n) is 58.5. The molecule has 13 rings (SSSR count). The maximum atomic E-state index is 2.75. The number of benzene rings is 10. The number of nitrogens with zero attached hydrogens (tertiary/aromatic N) is 3. The Balaban J connectivity index is 1.23. The fourth-order valence-corrected chi connectivity index (χ4v) is 14.8. The lowest BCUT2D eigenvalue weighted by Crippen LogP contribution is -2.62. The van der Waals surface area contributed by atoms with E-state index in [9.17, 15) is 0 Å². The number of rotatable bonds is 8. The average molecular weight is 1210 g/mol. The topological polar surface area (TPSA) is 9.72 Å². The Labute approximate surface area is 552 Å².